The minimum absolute atomic E-state index is 0.0833. The number of benzene rings is 1. The van der Waals surface area contributed by atoms with E-state index in [1.54, 1.807) is 6.26 Å². The molecule has 0 aliphatic rings. The lowest BCUT2D eigenvalue weighted by molar-refractivity contribution is 0.243. The van der Waals surface area contributed by atoms with Crippen LogP contribution in [0.5, 0.6) is 0 Å². The third-order valence-corrected chi connectivity index (χ3v) is 2.87. The van der Waals surface area contributed by atoms with Crippen LogP contribution in [0.15, 0.2) is 66.0 Å². The summed E-state index contributed by atoms with van der Waals surface area (Å²) in [5.41, 5.74) is 1.20. The van der Waals surface area contributed by atoms with Gasteiger partial charge in [0.25, 0.3) is 0 Å². The molecule has 0 fully saturated rings. The molecular weight excluding hydrogens is 238 g/mol. The summed E-state index contributed by atoms with van der Waals surface area (Å²) in [4.78, 5) is 0. The van der Waals surface area contributed by atoms with E-state index in [-0.39, 0.29) is 6.04 Å². The van der Waals surface area contributed by atoms with E-state index in [0.29, 0.717) is 6.61 Å². The van der Waals surface area contributed by atoms with Crippen molar-refractivity contribution < 1.29 is 9.15 Å². The summed E-state index contributed by atoms with van der Waals surface area (Å²) in [6, 6.07) is 14.3. The van der Waals surface area contributed by atoms with Crippen molar-refractivity contribution in [2.75, 3.05) is 13.2 Å². The molecule has 3 nitrogen and oxygen atoms in total. The summed E-state index contributed by atoms with van der Waals surface area (Å²) in [6.45, 7) is 5.06. The van der Waals surface area contributed by atoms with E-state index in [1.807, 2.05) is 30.3 Å². The summed E-state index contributed by atoms with van der Waals surface area (Å²) in [7, 11) is 0. The average molecular weight is 257 g/mol. The molecule has 2 aromatic rings. The molecule has 1 N–H and O–H groups in total. The lowest BCUT2D eigenvalue weighted by atomic mass is 10.0. The van der Waals surface area contributed by atoms with Crippen LogP contribution < -0.4 is 5.32 Å². The first kappa shape index (κ1) is 13.4. The minimum atomic E-state index is 0.0833. The van der Waals surface area contributed by atoms with Crippen LogP contribution in [0.1, 0.15) is 23.8 Å². The van der Waals surface area contributed by atoms with E-state index in [4.69, 9.17) is 9.15 Å². The number of hydrogen-bond acceptors (Lipinski definition) is 3. The van der Waals surface area contributed by atoms with Gasteiger partial charge in [-0.1, -0.05) is 36.9 Å². The van der Waals surface area contributed by atoms with Gasteiger partial charge in [-0.2, -0.15) is 0 Å². The molecular formula is C16H19NO2. The Morgan fingerprint density at radius 3 is 2.74 bits per heavy atom. The Hall–Kier alpha value is -2.00. The van der Waals surface area contributed by atoms with E-state index in [1.165, 1.54) is 11.8 Å². The fourth-order valence-electron chi connectivity index (χ4n) is 1.97. The molecule has 0 spiro atoms. The van der Waals surface area contributed by atoms with Crippen molar-refractivity contribution in [3.8, 4) is 0 Å². The second-order valence-electron chi connectivity index (χ2n) is 4.20. The SMILES string of the molecule is C=COCCCNC(c1ccccc1)c1ccco1. The quantitative estimate of drug-likeness (QED) is 0.580. The highest BCUT2D eigenvalue weighted by atomic mass is 16.5. The van der Waals surface area contributed by atoms with E-state index in [0.717, 1.165) is 18.7 Å². The number of ether oxygens (including phenoxy) is 1. The Bertz CT molecular complexity index is 465. The van der Waals surface area contributed by atoms with Gasteiger partial charge >= 0.3 is 0 Å². The lowest BCUT2D eigenvalue weighted by Gasteiger charge is -2.17. The van der Waals surface area contributed by atoms with Crippen molar-refractivity contribution >= 4 is 0 Å². The highest BCUT2D eigenvalue weighted by Gasteiger charge is 2.15. The predicted molar refractivity (Wildman–Crippen MR) is 75.8 cm³/mol. The van der Waals surface area contributed by atoms with Gasteiger partial charge in [-0.05, 0) is 30.7 Å². The van der Waals surface area contributed by atoms with Crippen molar-refractivity contribution in [2.45, 2.75) is 12.5 Å². The molecule has 1 aromatic heterocycles. The molecule has 0 aliphatic heterocycles. The van der Waals surface area contributed by atoms with Crippen molar-refractivity contribution in [1.82, 2.24) is 5.32 Å². The zero-order valence-corrected chi connectivity index (χ0v) is 10.9. The van der Waals surface area contributed by atoms with Gasteiger partial charge in [-0.15, -0.1) is 0 Å². The van der Waals surface area contributed by atoms with Crippen LogP contribution in [0, 0.1) is 0 Å². The van der Waals surface area contributed by atoms with Gasteiger partial charge in [0.2, 0.25) is 0 Å². The number of rotatable bonds is 8. The Morgan fingerprint density at radius 2 is 2.05 bits per heavy atom. The molecule has 1 heterocycles. The maximum Gasteiger partial charge on any atom is 0.125 e. The summed E-state index contributed by atoms with van der Waals surface area (Å²) >= 11 is 0. The molecule has 0 aliphatic carbocycles. The third kappa shape index (κ3) is 4.00. The van der Waals surface area contributed by atoms with Crippen molar-refractivity contribution in [3.63, 3.8) is 0 Å². The van der Waals surface area contributed by atoms with E-state index >= 15 is 0 Å². The third-order valence-electron chi connectivity index (χ3n) is 2.87. The second kappa shape index (κ2) is 7.44. The second-order valence-corrected chi connectivity index (χ2v) is 4.20. The zero-order chi connectivity index (χ0) is 13.3. The molecule has 0 saturated carbocycles. The van der Waals surface area contributed by atoms with Crippen LogP contribution >= 0.6 is 0 Å². The Morgan fingerprint density at radius 1 is 1.21 bits per heavy atom. The molecule has 0 bridgehead atoms. The Balaban J connectivity index is 1.98. The van der Waals surface area contributed by atoms with Gasteiger partial charge < -0.3 is 14.5 Å². The van der Waals surface area contributed by atoms with Crippen LogP contribution in [0.2, 0.25) is 0 Å². The van der Waals surface area contributed by atoms with Gasteiger partial charge in [0, 0.05) is 0 Å². The first-order valence-electron chi connectivity index (χ1n) is 6.46. The monoisotopic (exact) mass is 257 g/mol. The van der Waals surface area contributed by atoms with Crippen molar-refractivity contribution in [3.05, 3.63) is 72.9 Å². The van der Waals surface area contributed by atoms with Crippen molar-refractivity contribution in [2.24, 2.45) is 0 Å². The van der Waals surface area contributed by atoms with Gasteiger partial charge in [-0.3, -0.25) is 0 Å². The Labute approximate surface area is 113 Å². The lowest BCUT2D eigenvalue weighted by Crippen LogP contribution is -2.23. The van der Waals surface area contributed by atoms with E-state index in [9.17, 15) is 0 Å². The number of nitrogens with one attached hydrogen (secondary N) is 1. The van der Waals surface area contributed by atoms with Gasteiger partial charge in [0.15, 0.2) is 0 Å². The normalized spacial score (nSPS) is 12.0. The molecule has 3 heteroatoms. The summed E-state index contributed by atoms with van der Waals surface area (Å²) < 4.78 is 10.6. The molecule has 19 heavy (non-hydrogen) atoms. The number of hydrogen-bond donors (Lipinski definition) is 1. The molecule has 0 amide bonds. The summed E-state index contributed by atoms with van der Waals surface area (Å²) in [5.74, 6) is 0.927. The van der Waals surface area contributed by atoms with Crippen LogP contribution in [-0.2, 0) is 4.74 Å². The minimum Gasteiger partial charge on any atom is -0.502 e. The van der Waals surface area contributed by atoms with Crippen LogP contribution in [0.25, 0.3) is 0 Å². The van der Waals surface area contributed by atoms with Gasteiger partial charge in [0.05, 0.1) is 25.2 Å². The van der Waals surface area contributed by atoms with Gasteiger partial charge in [-0.25, -0.2) is 0 Å². The standard InChI is InChI=1S/C16H19NO2/c1-2-18-12-7-11-17-16(15-10-6-13-19-15)14-8-4-3-5-9-14/h2-6,8-10,13,16-17H,1,7,11-12H2. The Kier molecular flexibility index (Phi) is 5.26. The molecule has 1 aromatic carbocycles. The smallest absolute Gasteiger partial charge is 0.125 e. The highest BCUT2D eigenvalue weighted by molar-refractivity contribution is 5.26. The maximum absolute atomic E-state index is 5.52. The average Bonchev–Trinajstić information content (AvgIpc) is 2.98. The number of furan rings is 1. The first-order chi connectivity index (χ1) is 9.42. The summed E-state index contributed by atoms with van der Waals surface area (Å²) in [5, 5.41) is 3.49. The van der Waals surface area contributed by atoms with Gasteiger partial charge in [0.1, 0.15) is 5.76 Å². The largest absolute Gasteiger partial charge is 0.502 e. The fourth-order valence-corrected chi connectivity index (χ4v) is 1.97. The van der Waals surface area contributed by atoms with Crippen LogP contribution in [0.3, 0.4) is 0 Å². The van der Waals surface area contributed by atoms with Crippen LogP contribution in [-0.4, -0.2) is 13.2 Å². The maximum atomic E-state index is 5.52. The first-order valence-corrected chi connectivity index (χ1v) is 6.46. The summed E-state index contributed by atoms with van der Waals surface area (Å²) in [6.07, 6.45) is 4.10. The molecule has 2 rings (SSSR count). The topological polar surface area (TPSA) is 34.4 Å². The van der Waals surface area contributed by atoms with Crippen molar-refractivity contribution in [1.29, 1.82) is 0 Å². The van der Waals surface area contributed by atoms with Crippen LogP contribution in [0.4, 0.5) is 0 Å². The highest BCUT2D eigenvalue weighted by Crippen LogP contribution is 2.22. The zero-order valence-electron chi connectivity index (χ0n) is 10.9. The fraction of sp³-hybridized carbons (Fsp3) is 0.250. The van der Waals surface area contributed by atoms with E-state index in [2.05, 4.69) is 24.0 Å². The molecule has 100 valence electrons. The van der Waals surface area contributed by atoms with E-state index < -0.39 is 0 Å². The molecule has 0 saturated heterocycles. The molecule has 1 unspecified atom stereocenters. The molecule has 0 radical (unpaired) electrons. The predicted octanol–water partition coefficient (Wildman–Crippen LogP) is 3.51. The molecule has 1 atom stereocenters.